The minimum absolute atomic E-state index is 0.00887. The van der Waals surface area contributed by atoms with Crippen LogP contribution in [0.2, 0.25) is 0 Å². The van der Waals surface area contributed by atoms with Gasteiger partial charge in [0.1, 0.15) is 0 Å². The quantitative estimate of drug-likeness (QED) is 0.722. The van der Waals surface area contributed by atoms with Gasteiger partial charge in [0.05, 0.1) is 6.61 Å². The molecule has 16 heavy (non-hydrogen) atoms. The van der Waals surface area contributed by atoms with Crippen LogP contribution in [-0.4, -0.2) is 49.3 Å². The van der Waals surface area contributed by atoms with Gasteiger partial charge >= 0.3 is 0 Å². The lowest BCUT2D eigenvalue weighted by molar-refractivity contribution is 0.0925. The van der Waals surface area contributed by atoms with Crippen LogP contribution in [0, 0.1) is 5.92 Å². The molecule has 0 aromatic heterocycles. The predicted octanol–water partition coefficient (Wildman–Crippen LogP) is 1.47. The van der Waals surface area contributed by atoms with Gasteiger partial charge in [-0.2, -0.15) is 0 Å². The van der Waals surface area contributed by atoms with Gasteiger partial charge in [-0.15, -0.1) is 0 Å². The number of aliphatic hydroxyl groups excluding tert-OH is 1. The van der Waals surface area contributed by atoms with E-state index in [1.807, 2.05) is 0 Å². The van der Waals surface area contributed by atoms with E-state index in [0.29, 0.717) is 0 Å². The SMILES string of the molecule is CCC1CCCC(CO)(NCCN(C)C)C1. The van der Waals surface area contributed by atoms with Crippen LogP contribution in [0.25, 0.3) is 0 Å². The van der Waals surface area contributed by atoms with E-state index in [9.17, 15) is 5.11 Å². The lowest BCUT2D eigenvalue weighted by Gasteiger charge is -2.40. The average Bonchev–Trinajstić information content (AvgIpc) is 2.29. The van der Waals surface area contributed by atoms with Crippen LogP contribution in [0.5, 0.6) is 0 Å². The molecule has 0 saturated heterocycles. The van der Waals surface area contributed by atoms with Crippen molar-refractivity contribution in [2.24, 2.45) is 5.92 Å². The van der Waals surface area contributed by atoms with Crippen molar-refractivity contribution in [1.82, 2.24) is 10.2 Å². The van der Waals surface area contributed by atoms with E-state index in [0.717, 1.165) is 31.8 Å². The van der Waals surface area contributed by atoms with Gasteiger partial charge in [0, 0.05) is 18.6 Å². The molecule has 1 aliphatic carbocycles. The van der Waals surface area contributed by atoms with Gasteiger partial charge < -0.3 is 15.3 Å². The molecule has 0 bridgehead atoms. The van der Waals surface area contributed by atoms with Crippen LogP contribution in [-0.2, 0) is 0 Å². The highest BCUT2D eigenvalue weighted by atomic mass is 16.3. The molecule has 1 saturated carbocycles. The van der Waals surface area contributed by atoms with Gasteiger partial charge in [-0.05, 0) is 32.9 Å². The number of nitrogens with zero attached hydrogens (tertiary/aromatic N) is 1. The van der Waals surface area contributed by atoms with Crippen molar-refractivity contribution in [2.45, 2.75) is 44.6 Å². The first-order chi connectivity index (χ1) is 7.62. The average molecular weight is 228 g/mol. The van der Waals surface area contributed by atoms with Crippen molar-refractivity contribution < 1.29 is 5.11 Å². The topological polar surface area (TPSA) is 35.5 Å². The van der Waals surface area contributed by atoms with Crippen molar-refractivity contribution in [3.05, 3.63) is 0 Å². The third-order valence-corrected chi connectivity index (χ3v) is 3.89. The maximum absolute atomic E-state index is 9.64. The Balaban J connectivity index is 2.42. The fourth-order valence-corrected chi connectivity index (χ4v) is 2.74. The second-order valence-corrected chi connectivity index (χ2v) is 5.54. The fraction of sp³-hybridized carbons (Fsp3) is 1.00. The molecule has 0 aliphatic heterocycles. The zero-order valence-electron chi connectivity index (χ0n) is 11.1. The number of nitrogens with one attached hydrogen (secondary N) is 1. The Morgan fingerprint density at radius 2 is 2.19 bits per heavy atom. The van der Waals surface area contributed by atoms with Gasteiger partial charge in [-0.1, -0.05) is 26.2 Å². The minimum Gasteiger partial charge on any atom is -0.394 e. The third-order valence-electron chi connectivity index (χ3n) is 3.89. The summed E-state index contributed by atoms with van der Waals surface area (Å²) >= 11 is 0. The summed E-state index contributed by atoms with van der Waals surface area (Å²) in [6.45, 7) is 4.57. The van der Waals surface area contributed by atoms with Crippen molar-refractivity contribution in [3.8, 4) is 0 Å². The molecule has 2 N–H and O–H groups in total. The predicted molar refractivity (Wildman–Crippen MR) is 68.6 cm³/mol. The normalized spacial score (nSPS) is 30.9. The molecule has 96 valence electrons. The van der Waals surface area contributed by atoms with E-state index in [1.54, 1.807) is 0 Å². The minimum atomic E-state index is 0.00887. The Morgan fingerprint density at radius 1 is 1.44 bits per heavy atom. The first kappa shape index (κ1) is 13.9. The molecule has 3 nitrogen and oxygen atoms in total. The second-order valence-electron chi connectivity index (χ2n) is 5.54. The fourth-order valence-electron chi connectivity index (χ4n) is 2.74. The lowest BCUT2D eigenvalue weighted by Crippen LogP contribution is -2.53. The van der Waals surface area contributed by atoms with Gasteiger partial charge in [-0.25, -0.2) is 0 Å². The van der Waals surface area contributed by atoms with E-state index in [-0.39, 0.29) is 12.1 Å². The molecule has 3 heteroatoms. The summed E-state index contributed by atoms with van der Waals surface area (Å²) < 4.78 is 0. The van der Waals surface area contributed by atoms with E-state index < -0.39 is 0 Å². The first-order valence-electron chi connectivity index (χ1n) is 6.62. The van der Waals surface area contributed by atoms with Crippen molar-refractivity contribution in [3.63, 3.8) is 0 Å². The number of hydrogen-bond donors (Lipinski definition) is 2. The monoisotopic (exact) mass is 228 g/mol. The van der Waals surface area contributed by atoms with Crippen molar-refractivity contribution in [1.29, 1.82) is 0 Å². The molecule has 0 aromatic rings. The molecule has 0 heterocycles. The van der Waals surface area contributed by atoms with Crippen LogP contribution in [0.4, 0.5) is 0 Å². The molecule has 2 atom stereocenters. The van der Waals surface area contributed by atoms with Gasteiger partial charge in [0.15, 0.2) is 0 Å². The summed E-state index contributed by atoms with van der Waals surface area (Å²) in [5.74, 6) is 0.799. The molecule has 0 radical (unpaired) electrons. The maximum atomic E-state index is 9.64. The number of aliphatic hydroxyl groups is 1. The molecule has 0 aromatic carbocycles. The van der Waals surface area contributed by atoms with Crippen molar-refractivity contribution >= 4 is 0 Å². The number of rotatable bonds is 6. The van der Waals surface area contributed by atoms with E-state index in [1.165, 1.54) is 19.3 Å². The highest BCUT2D eigenvalue weighted by molar-refractivity contribution is 4.93. The maximum Gasteiger partial charge on any atom is 0.0613 e. The summed E-state index contributed by atoms with van der Waals surface area (Å²) in [5.41, 5.74) is 0.00887. The molecule has 0 amide bonds. The van der Waals surface area contributed by atoms with Gasteiger partial charge in [0.2, 0.25) is 0 Å². The van der Waals surface area contributed by atoms with Crippen molar-refractivity contribution in [2.75, 3.05) is 33.8 Å². The molecular weight excluding hydrogens is 200 g/mol. The Labute approximate surface area is 100 Å². The molecule has 1 aliphatic rings. The summed E-state index contributed by atoms with van der Waals surface area (Å²) in [4.78, 5) is 2.18. The Kier molecular flexibility index (Phi) is 5.73. The smallest absolute Gasteiger partial charge is 0.0613 e. The zero-order valence-corrected chi connectivity index (χ0v) is 11.1. The van der Waals surface area contributed by atoms with E-state index in [4.69, 9.17) is 0 Å². The molecule has 1 rings (SSSR count). The number of likely N-dealkylation sites (N-methyl/N-ethyl adjacent to an activating group) is 1. The van der Waals surface area contributed by atoms with Crippen LogP contribution in [0.1, 0.15) is 39.0 Å². The van der Waals surface area contributed by atoms with E-state index >= 15 is 0 Å². The molecule has 2 unspecified atom stereocenters. The van der Waals surface area contributed by atoms with E-state index in [2.05, 4.69) is 31.2 Å². The molecule has 1 fully saturated rings. The van der Waals surface area contributed by atoms with Gasteiger partial charge in [0.25, 0.3) is 0 Å². The Morgan fingerprint density at radius 3 is 2.75 bits per heavy atom. The number of hydrogen-bond acceptors (Lipinski definition) is 3. The zero-order chi connectivity index (χ0) is 12.0. The van der Waals surface area contributed by atoms with Crippen LogP contribution in [0.15, 0.2) is 0 Å². The van der Waals surface area contributed by atoms with Crippen LogP contribution >= 0.6 is 0 Å². The highest BCUT2D eigenvalue weighted by Gasteiger charge is 2.34. The summed E-state index contributed by atoms with van der Waals surface area (Å²) in [6, 6.07) is 0. The lowest BCUT2D eigenvalue weighted by atomic mass is 9.75. The summed E-state index contributed by atoms with van der Waals surface area (Å²) in [5, 5.41) is 13.2. The van der Waals surface area contributed by atoms with Crippen LogP contribution < -0.4 is 5.32 Å². The summed E-state index contributed by atoms with van der Waals surface area (Å²) in [6.07, 6.45) is 6.12. The largest absolute Gasteiger partial charge is 0.394 e. The molecule has 0 spiro atoms. The standard InChI is InChI=1S/C13H28N2O/c1-4-12-6-5-7-13(10-12,11-16)14-8-9-15(2)3/h12,14,16H,4-11H2,1-3H3. The molecular formula is C13H28N2O. The second kappa shape index (κ2) is 6.58. The summed E-state index contributed by atoms with van der Waals surface area (Å²) in [7, 11) is 4.17. The Hall–Kier alpha value is -0.120. The van der Waals surface area contributed by atoms with Gasteiger partial charge in [-0.3, -0.25) is 0 Å². The third kappa shape index (κ3) is 4.04. The highest BCUT2D eigenvalue weighted by Crippen LogP contribution is 2.33. The first-order valence-corrected chi connectivity index (χ1v) is 6.62. The van der Waals surface area contributed by atoms with Crippen LogP contribution in [0.3, 0.4) is 0 Å². The Bertz CT molecular complexity index is 196.